The molecule has 0 spiro atoms. The number of halogens is 1. The van der Waals surface area contributed by atoms with Crippen LogP contribution >= 0.6 is 11.6 Å². The van der Waals surface area contributed by atoms with Gasteiger partial charge in [0.2, 0.25) is 5.95 Å². The van der Waals surface area contributed by atoms with Crippen molar-refractivity contribution in [3.05, 3.63) is 59.3 Å². The predicted molar refractivity (Wildman–Crippen MR) is 126 cm³/mol. The molecular formula is C22H21ClN10. The fourth-order valence-corrected chi connectivity index (χ4v) is 3.96. The number of hydrogen-bond acceptors (Lipinski definition) is 9. The van der Waals surface area contributed by atoms with Gasteiger partial charge in [-0.15, -0.1) is 0 Å². The molecular weight excluding hydrogens is 440 g/mol. The highest BCUT2D eigenvalue weighted by Crippen LogP contribution is 2.25. The van der Waals surface area contributed by atoms with Crippen LogP contribution in [0.1, 0.15) is 24.2 Å². The third-order valence-electron chi connectivity index (χ3n) is 5.48. The number of aryl methyl sites for hydroxylation is 1. The highest BCUT2D eigenvalue weighted by molar-refractivity contribution is 6.32. The quantitative estimate of drug-likeness (QED) is 0.460. The first-order chi connectivity index (χ1) is 16.1. The van der Waals surface area contributed by atoms with Gasteiger partial charge in [-0.05, 0) is 38.0 Å². The van der Waals surface area contributed by atoms with Gasteiger partial charge in [-0.3, -0.25) is 0 Å². The summed E-state index contributed by atoms with van der Waals surface area (Å²) in [6.07, 6.45) is 6.86. The van der Waals surface area contributed by atoms with Gasteiger partial charge in [-0.2, -0.15) is 15.3 Å². The molecule has 5 heterocycles. The van der Waals surface area contributed by atoms with Crippen LogP contribution in [0.4, 0.5) is 23.3 Å². The molecule has 1 saturated heterocycles. The number of nitrogens with one attached hydrogen (secondary N) is 2. The molecule has 166 valence electrons. The summed E-state index contributed by atoms with van der Waals surface area (Å²) in [5, 5.41) is 20.4. The highest BCUT2D eigenvalue weighted by atomic mass is 35.5. The molecule has 1 fully saturated rings. The Bertz CT molecular complexity index is 1320. The zero-order chi connectivity index (χ0) is 22.8. The van der Waals surface area contributed by atoms with Crippen LogP contribution in [0.15, 0.2) is 42.9 Å². The zero-order valence-corrected chi connectivity index (χ0v) is 18.7. The van der Waals surface area contributed by atoms with Gasteiger partial charge >= 0.3 is 0 Å². The van der Waals surface area contributed by atoms with Crippen molar-refractivity contribution in [1.82, 2.24) is 29.5 Å². The first-order valence-electron chi connectivity index (χ1n) is 10.6. The van der Waals surface area contributed by atoms with Crippen molar-refractivity contribution in [2.24, 2.45) is 0 Å². The van der Waals surface area contributed by atoms with Crippen LogP contribution < -0.4 is 15.5 Å². The fraction of sp³-hybridized carbons (Fsp3) is 0.273. The monoisotopic (exact) mass is 460 g/mol. The fourth-order valence-electron chi connectivity index (χ4n) is 3.81. The number of rotatable bonds is 5. The molecule has 1 aliphatic heterocycles. The second-order valence-electron chi connectivity index (χ2n) is 7.81. The van der Waals surface area contributed by atoms with Crippen molar-refractivity contribution in [3.63, 3.8) is 0 Å². The van der Waals surface area contributed by atoms with Crippen molar-refractivity contribution in [2.75, 3.05) is 28.6 Å². The molecule has 4 aromatic heterocycles. The van der Waals surface area contributed by atoms with E-state index >= 15 is 0 Å². The van der Waals surface area contributed by atoms with Crippen LogP contribution in [0.5, 0.6) is 0 Å². The summed E-state index contributed by atoms with van der Waals surface area (Å²) in [7, 11) is 0. The van der Waals surface area contributed by atoms with Crippen LogP contribution in [0.2, 0.25) is 5.02 Å². The van der Waals surface area contributed by atoms with Gasteiger partial charge in [0.05, 0.1) is 11.8 Å². The third-order valence-corrected chi connectivity index (χ3v) is 5.76. The number of pyridine rings is 2. The molecule has 1 aliphatic rings. The van der Waals surface area contributed by atoms with Crippen LogP contribution in [0.25, 0.3) is 5.65 Å². The standard InChI is InChI=1S/C22H21ClN10/c1-14-27-20-10-17(6-9-33(20)31-14)29-22-26-13-18(23)21(30-22)28-16-4-7-32(8-5-16)19-3-2-15(11-24)12-25-19/h2-3,6,9-10,12-13,16H,4-5,7-8H2,1H3,(H2,26,28,29,30). The largest absolute Gasteiger partial charge is 0.366 e. The number of piperidine rings is 1. The first-order valence-corrected chi connectivity index (χ1v) is 11.0. The van der Waals surface area contributed by atoms with E-state index < -0.39 is 0 Å². The number of hydrogen-bond donors (Lipinski definition) is 2. The Morgan fingerprint density at radius 2 is 1.97 bits per heavy atom. The van der Waals surface area contributed by atoms with Crippen LogP contribution in [0.3, 0.4) is 0 Å². The molecule has 5 rings (SSSR count). The predicted octanol–water partition coefficient (Wildman–Crippen LogP) is 3.57. The van der Waals surface area contributed by atoms with Crippen molar-refractivity contribution < 1.29 is 0 Å². The molecule has 11 heteroatoms. The van der Waals surface area contributed by atoms with Crippen LogP contribution in [-0.4, -0.2) is 48.7 Å². The summed E-state index contributed by atoms with van der Waals surface area (Å²) in [6, 6.07) is 9.79. The van der Waals surface area contributed by atoms with E-state index in [9.17, 15) is 0 Å². The summed E-state index contributed by atoms with van der Waals surface area (Å²) < 4.78 is 1.72. The maximum atomic E-state index is 8.94. The lowest BCUT2D eigenvalue weighted by atomic mass is 10.0. The Balaban J connectivity index is 1.23. The van der Waals surface area contributed by atoms with E-state index in [1.54, 1.807) is 23.0 Å². The van der Waals surface area contributed by atoms with Gasteiger partial charge in [0, 0.05) is 43.3 Å². The number of anilines is 4. The summed E-state index contributed by atoms with van der Waals surface area (Å²) in [6.45, 7) is 3.55. The van der Waals surface area contributed by atoms with E-state index in [4.69, 9.17) is 16.9 Å². The highest BCUT2D eigenvalue weighted by Gasteiger charge is 2.21. The lowest BCUT2D eigenvalue weighted by Gasteiger charge is -2.33. The average molecular weight is 461 g/mol. The van der Waals surface area contributed by atoms with Gasteiger partial charge in [-0.1, -0.05) is 11.6 Å². The van der Waals surface area contributed by atoms with E-state index in [1.807, 2.05) is 31.3 Å². The molecule has 4 aromatic rings. The second-order valence-corrected chi connectivity index (χ2v) is 8.22. The SMILES string of the molecule is Cc1nc2cc(Nc3ncc(Cl)c(NC4CCN(c5ccc(C#N)cn5)CC4)n3)ccn2n1. The lowest BCUT2D eigenvalue weighted by molar-refractivity contribution is 0.522. The Kier molecular flexibility index (Phi) is 5.62. The Morgan fingerprint density at radius 1 is 1.12 bits per heavy atom. The van der Waals surface area contributed by atoms with Crippen molar-refractivity contribution in [2.45, 2.75) is 25.8 Å². The molecule has 0 bridgehead atoms. The Labute approximate surface area is 195 Å². The molecule has 0 aromatic carbocycles. The minimum Gasteiger partial charge on any atom is -0.366 e. The summed E-state index contributed by atoms with van der Waals surface area (Å²) >= 11 is 6.37. The average Bonchev–Trinajstić information content (AvgIpc) is 3.21. The summed E-state index contributed by atoms with van der Waals surface area (Å²) in [5.41, 5.74) is 2.12. The maximum Gasteiger partial charge on any atom is 0.229 e. The Hall–Kier alpha value is -3.97. The lowest BCUT2D eigenvalue weighted by Crippen LogP contribution is -2.39. The van der Waals surface area contributed by atoms with Crippen LogP contribution in [-0.2, 0) is 0 Å². The normalized spacial score (nSPS) is 14.3. The molecule has 0 radical (unpaired) electrons. The van der Waals surface area contributed by atoms with Gasteiger partial charge < -0.3 is 15.5 Å². The van der Waals surface area contributed by atoms with E-state index in [0.717, 1.165) is 43.1 Å². The van der Waals surface area contributed by atoms with Crippen molar-refractivity contribution in [1.29, 1.82) is 5.26 Å². The minimum atomic E-state index is 0.232. The minimum absolute atomic E-state index is 0.232. The number of nitriles is 1. The van der Waals surface area contributed by atoms with Crippen molar-refractivity contribution in [3.8, 4) is 6.07 Å². The number of nitrogens with zero attached hydrogens (tertiary/aromatic N) is 8. The summed E-state index contributed by atoms with van der Waals surface area (Å²) in [5.74, 6) is 2.64. The van der Waals surface area contributed by atoms with Crippen LogP contribution in [0, 0.1) is 18.3 Å². The van der Waals surface area contributed by atoms with Gasteiger partial charge in [0.15, 0.2) is 11.5 Å². The van der Waals surface area contributed by atoms with E-state index in [2.05, 4.69) is 46.6 Å². The van der Waals surface area contributed by atoms with E-state index in [0.29, 0.717) is 28.2 Å². The molecule has 0 unspecified atom stereocenters. The third kappa shape index (κ3) is 4.63. The molecule has 33 heavy (non-hydrogen) atoms. The van der Waals surface area contributed by atoms with Gasteiger partial charge in [0.1, 0.15) is 22.7 Å². The van der Waals surface area contributed by atoms with Gasteiger partial charge in [0.25, 0.3) is 0 Å². The summed E-state index contributed by atoms with van der Waals surface area (Å²) in [4.78, 5) is 19.9. The van der Waals surface area contributed by atoms with E-state index in [1.165, 1.54) is 0 Å². The Morgan fingerprint density at radius 3 is 2.73 bits per heavy atom. The molecule has 0 aliphatic carbocycles. The second kappa shape index (κ2) is 8.88. The molecule has 0 amide bonds. The first kappa shape index (κ1) is 20.9. The van der Waals surface area contributed by atoms with Gasteiger partial charge in [-0.25, -0.2) is 19.5 Å². The molecule has 10 nitrogen and oxygen atoms in total. The maximum absolute atomic E-state index is 8.94. The van der Waals surface area contributed by atoms with Crippen molar-refractivity contribution >= 4 is 40.5 Å². The smallest absolute Gasteiger partial charge is 0.229 e. The number of fused-ring (bicyclic) bond motifs is 1. The molecule has 2 N–H and O–H groups in total. The number of aromatic nitrogens is 6. The molecule has 0 atom stereocenters. The molecule has 0 saturated carbocycles. The topological polar surface area (TPSA) is 120 Å². The zero-order valence-electron chi connectivity index (χ0n) is 17.9. The van der Waals surface area contributed by atoms with E-state index in [-0.39, 0.29) is 6.04 Å².